The van der Waals surface area contributed by atoms with Crippen LogP contribution in [0, 0.1) is 0 Å². The second kappa shape index (κ2) is 9.52. The Morgan fingerprint density at radius 3 is 2.92 bits per heavy atom. The molecule has 0 fully saturated rings. The van der Waals surface area contributed by atoms with Gasteiger partial charge in [0.25, 0.3) is 0 Å². The molecule has 0 bridgehead atoms. The Morgan fingerprint density at radius 2 is 2.12 bits per heavy atom. The molecular formula is C17H24ClN5O. The maximum Gasteiger partial charge on any atom is 0.163 e. The first-order valence-corrected chi connectivity index (χ1v) is 8.21. The molecule has 24 heavy (non-hydrogen) atoms. The third-order valence-corrected chi connectivity index (χ3v) is 3.85. The highest BCUT2D eigenvalue weighted by Crippen LogP contribution is 2.24. The molecule has 1 aliphatic heterocycles. The fraction of sp³-hybridized carbons (Fsp3) is 0.471. The normalized spacial score (nSPS) is 13.5. The van der Waals surface area contributed by atoms with Gasteiger partial charge in [-0.3, -0.25) is 4.98 Å². The molecule has 130 valence electrons. The van der Waals surface area contributed by atoms with Gasteiger partial charge in [-0.25, -0.2) is 9.97 Å². The zero-order valence-electron chi connectivity index (χ0n) is 13.9. The van der Waals surface area contributed by atoms with Crippen LogP contribution in [0.25, 0.3) is 11.4 Å². The second-order valence-corrected chi connectivity index (χ2v) is 5.44. The van der Waals surface area contributed by atoms with Crippen molar-refractivity contribution in [2.24, 2.45) is 0 Å². The largest absolute Gasteiger partial charge is 0.380 e. The molecule has 0 spiro atoms. The monoisotopic (exact) mass is 349 g/mol. The van der Waals surface area contributed by atoms with Gasteiger partial charge in [-0.1, -0.05) is 0 Å². The first-order valence-electron chi connectivity index (χ1n) is 8.21. The van der Waals surface area contributed by atoms with E-state index in [2.05, 4.69) is 15.6 Å². The highest BCUT2D eigenvalue weighted by atomic mass is 35.5. The molecular weight excluding hydrogens is 326 g/mol. The molecule has 3 heterocycles. The van der Waals surface area contributed by atoms with Crippen LogP contribution in [-0.4, -0.2) is 47.8 Å². The van der Waals surface area contributed by atoms with Gasteiger partial charge in [0.2, 0.25) is 0 Å². The summed E-state index contributed by atoms with van der Waals surface area (Å²) < 4.78 is 5.41. The lowest BCUT2D eigenvalue weighted by Gasteiger charge is -2.14. The number of rotatable bonds is 6. The lowest BCUT2D eigenvalue weighted by atomic mass is 10.1. The molecule has 1 aliphatic rings. The average Bonchev–Trinajstić information content (AvgIpc) is 2.85. The molecule has 0 saturated carbocycles. The quantitative estimate of drug-likeness (QED) is 0.778. The van der Waals surface area contributed by atoms with Crippen molar-refractivity contribution in [1.82, 2.24) is 20.3 Å². The predicted octanol–water partition coefficient (Wildman–Crippen LogP) is 2.10. The summed E-state index contributed by atoms with van der Waals surface area (Å²) in [6.07, 6.45) is 5.43. The maximum atomic E-state index is 5.41. The Labute approximate surface area is 148 Å². The number of hydrogen-bond acceptors (Lipinski definition) is 6. The zero-order chi connectivity index (χ0) is 15.9. The van der Waals surface area contributed by atoms with E-state index < -0.39 is 0 Å². The van der Waals surface area contributed by atoms with Crippen LogP contribution in [0.5, 0.6) is 0 Å². The van der Waals surface area contributed by atoms with Crippen LogP contribution >= 0.6 is 12.4 Å². The summed E-state index contributed by atoms with van der Waals surface area (Å²) in [7, 11) is 0. The standard InChI is InChI=1S/C17H23N5O.ClH/c1-2-23-11-10-20-17-14-5-8-18-9-6-15(14)21-16(22-17)13-4-3-7-19-12-13;/h3-4,7,12,18H,2,5-6,8-11H2,1H3,(H,20,21,22);1H. The van der Waals surface area contributed by atoms with E-state index in [1.54, 1.807) is 12.4 Å². The van der Waals surface area contributed by atoms with Crippen molar-refractivity contribution in [1.29, 1.82) is 0 Å². The van der Waals surface area contributed by atoms with Gasteiger partial charge >= 0.3 is 0 Å². The van der Waals surface area contributed by atoms with Gasteiger partial charge in [0.15, 0.2) is 5.82 Å². The summed E-state index contributed by atoms with van der Waals surface area (Å²) in [5, 5.41) is 6.85. The lowest BCUT2D eigenvalue weighted by molar-refractivity contribution is 0.158. The van der Waals surface area contributed by atoms with Crippen molar-refractivity contribution in [2.45, 2.75) is 19.8 Å². The third-order valence-electron chi connectivity index (χ3n) is 3.85. The number of pyridine rings is 1. The van der Waals surface area contributed by atoms with E-state index in [4.69, 9.17) is 14.7 Å². The number of fused-ring (bicyclic) bond motifs is 1. The first kappa shape index (κ1) is 18.6. The van der Waals surface area contributed by atoms with Crippen LogP contribution in [0.15, 0.2) is 24.5 Å². The molecule has 0 atom stereocenters. The van der Waals surface area contributed by atoms with Gasteiger partial charge in [-0.15, -0.1) is 12.4 Å². The molecule has 0 unspecified atom stereocenters. The SMILES string of the molecule is CCOCCNc1nc(-c2cccnc2)nc2c1CCNCC2.Cl. The minimum atomic E-state index is 0. The molecule has 0 saturated heterocycles. The van der Waals surface area contributed by atoms with Gasteiger partial charge < -0.3 is 15.4 Å². The fourth-order valence-electron chi connectivity index (χ4n) is 2.70. The van der Waals surface area contributed by atoms with Crippen molar-refractivity contribution in [3.63, 3.8) is 0 Å². The molecule has 6 nitrogen and oxygen atoms in total. The van der Waals surface area contributed by atoms with Gasteiger partial charge in [0.05, 0.1) is 12.3 Å². The molecule has 0 aromatic carbocycles. The minimum absolute atomic E-state index is 0. The molecule has 7 heteroatoms. The number of hydrogen-bond donors (Lipinski definition) is 2. The number of nitrogens with one attached hydrogen (secondary N) is 2. The summed E-state index contributed by atoms with van der Waals surface area (Å²) in [6.45, 7) is 6.07. The summed E-state index contributed by atoms with van der Waals surface area (Å²) in [5.41, 5.74) is 3.29. The smallest absolute Gasteiger partial charge is 0.163 e. The zero-order valence-corrected chi connectivity index (χ0v) is 14.7. The third kappa shape index (κ3) is 4.63. The first-order chi connectivity index (χ1) is 11.4. The van der Waals surface area contributed by atoms with E-state index in [0.717, 1.165) is 62.0 Å². The number of aromatic nitrogens is 3. The van der Waals surface area contributed by atoms with E-state index in [0.29, 0.717) is 6.61 Å². The average molecular weight is 350 g/mol. The maximum absolute atomic E-state index is 5.41. The lowest BCUT2D eigenvalue weighted by Crippen LogP contribution is -2.16. The highest BCUT2D eigenvalue weighted by molar-refractivity contribution is 5.85. The summed E-state index contributed by atoms with van der Waals surface area (Å²) in [5.74, 6) is 1.66. The summed E-state index contributed by atoms with van der Waals surface area (Å²) >= 11 is 0. The van der Waals surface area contributed by atoms with Crippen molar-refractivity contribution in [3.8, 4) is 11.4 Å². The van der Waals surface area contributed by atoms with Crippen LogP contribution in [0.4, 0.5) is 5.82 Å². The Hall–Kier alpha value is -1.76. The van der Waals surface area contributed by atoms with E-state index in [1.165, 1.54) is 5.56 Å². The molecule has 3 rings (SSSR count). The molecule has 0 amide bonds. The van der Waals surface area contributed by atoms with Crippen molar-refractivity contribution < 1.29 is 4.74 Å². The Balaban J connectivity index is 0.00000208. The van der Waals surface area contributed by atoms with Gasteiger partial charge in [0.1, 0.15) is 5.82 Å². The Bertz CT molecular complexity index is 638. The van der Waals surface area contributed by atoms with Gasteiger partial charge in [0, 0.05) is 49.6 Å². The van der Waals surface area contributed by atoms with Crippen LogP contribution < -0.4 is 10.6 Å². The highest BCUT2D eigenvalue weighted by Gasteiger charge is 2.17. The van der Waals surface area contributed by atoms with E-state index in [1.807, 2.05) is 19.1 Å². The molecule has 2 N–H and O–H groups in total. The molecule has 0 radical (unpaired) electrons. The second-order valence-electron chi connectivity index (χ2n) is 5.44. The fourth-order valence-corrected chi connectivity index (χ4v) is 2.70. The number of anilines is 1. The van der Waals surface area contributed by atoms with E-state index in [-0.39, 0.29) is 12.4 Å². The number of nitrogens with zero attached hydrogens (tertiary/aromatic N) is 3. The Kier molecular flexibility index (Phi) is 7.36. The number of halogens is 1. The topological polar surface area (TPSA) is 72.0 Å². The molecule has 0 aliphatic carbocycles. The van der Waals surface area contributed by atoms with Crippen molar-refractivity contribution in [2.75, 3.05) is 38.2 Å². The minimum Gasteiger partial charge on any atom is -0.380 e. The van der Waals surface area contributed by atoms with E-state index >= 15 is 0 Å². The Morgan fingerprint density at radius 1 is 1.25 bits per heavy atom. The van der Waals surface area contributed by atoms with Crippen LogP contribution in [0.3, 0.4) is 0 Å². The van der Waals surface area contributed by atoms with Crippen LogP contribution in [0.1, 0.15) is 18.2 Å². The van der Waals surface area contributed by atoms with E-state index in [9.17, 15) is 0 Å². The van der Waals surface area contributed by atoms with Gasteiger partial charge in [-0.05, 0) is 32.0 Å². The predicted molar refractivity (Wildman–Crippen MR) is 97.8 cm³/mol. The van der Waals surface area contributed by atoms with Crippen LogP contribution in [-0.2, 0) is 17.6 Å². The van der Waals surface area contributed by atoms with Crippen molar-refractivity contribution >= 4 is 18.2 Å². The number of ether oxygens (including phenoxy) is 1. The molecule has 2 aromatic rings. The van der Waals surface area contributed by atoms with Crippen molar-refractivity contribution in [3.05, 3.63) is 35.8 Å². The van der Waals surface area contributed by atoms with Crippen LogP contribution in [0.2, 0.25) is 0 Å². The van der Waals surface area contributed by atoms with Gasteiger partial charge in [-0.2, -0.15) is 0 Å². The summed E-state index contributed by atoms with van der Waals surface area (Å²) in [4.78, 5) is 13.7. The molecule has 2 aromatic heterocycles. The summed E-state index contributed by atoms with van der Waals surface area (Å²) in [6, 6.07) is 3.90.